The molecule has 3 heteroatoms. The summed E-state index contributed by atoms with van der Waals surface area (Å²) in [6.07, 6.45) is 2.74. The quantitative estimate of drug-likeness (QED) is 0.848. The van der Waals surface area contributed by atoms with Crippen LogP contribution in [0, 0.1) is 6.92 Å². The minimum absolute atomic E-state index is 0.769. The van der Waals surface area contributed by atoms with Gasteiger partial charge in [-0.15, -0.1) is 11.3 Å². The van der Waals surface area contributed by atoms with Crippen molar-refractivity contribution in [1.29, 1.82) is 0 Å². The molecule has 1 aliphatic rings. The zero-order valence-corrected chi connectivity index (χ0v) is 11.1. The Morgan fingerprint density at radius 2 is 2.38 bits per heavy atom. The van der Waals surface area contributed by atoms with E-state index in [-0.39, 0.29) is 0 Å². The van der Waals surface area contributed by atoms with Crippen molar-refractivity contribution >= 4 is 11.3 Å². The topological polar surface area (TPSA) is 15.3 Å². The van der Waals surface area contributed by atoms with E-state index in [1.54, 1.807) is 0 Å². The van der Waals surface area contributed by atoms with Crippen LogP contribution in [0.5, 0.6) is 0 Å². The number of hydrogen-bond donors (Lipinski definition) is 1. The van der Waals surface area contributed by atoms with Crippen molar-refractivity contribution in [3.8, 4) is 0 Å². The molecule has 1 unspecified atom stereocenters. The van der Waals surface area contributed by atoms with Gasteiger partial charge in [0.15, 0.2) is 0 Å². The fourth-order valence-corrected chi connectivity index (χ4v) is 3.34. The van der Waals surface area contributed by atoms with E-state index in [1.165, 1.54) is 35.7 Å². The molecule has 1 aromatic heterocycles. The van der Waals surface area contributed by atoms with E-state index in [1.807, 2.05) is 11.3 Å². The standard InChI is InChI=1S/C13H22N2S/c1-3-15-8-4-5-12(15)9-14-10-13-7-6-11(2)16-13/h6-7,12,14H,3-5,8-10H2,1-2H3. The number of thiophene rings is 1. The van der Waals surface area contributed by atoms with Crippen LogP contribution < -0.4 is 5.32 Å². The van der Waals surface area contributed by atoms with E-state index >= 15 is 0 Å². The van der Waals surface area contributed by atoms with Crippen LogP contribution in [0.15, 0.2) is 12.1 Å². The zero-order chi connectivity index (χ0) is 11.4. The molecule has 0 saturated carbocycles. The molecule has 0 amide bonds. The maximum atomic E-state index is 3.59. The van der Waals surface area contributed by atoms with Crippen LogP contribution >= 0.6 is 11.3 Å². The lowest BCUT2D eigenvalue weighted by Crippen LogP contribution is -2.37. The molecule has 2 heterocycles. The van der Waals surface area contributed by atoms with Crippen molar-refractivity contribution in [3.63, 3.8) is 0 Å². The minimum atomic E-state index is 0.769. The first kappa shape index (κ1) is 12.1. The van der Waals surface area contributed by atoms with E-state index in [0.29, 0.717) is 0 Å². The van der Waals surface area contributed by atoms with Crippen LogP contribution in [0.1, 0.15) is 29.5 Å². The number of hydrogen-bond acceptors (Lipinski definition) is 3. The lowest BCUT2D eigenvalue weighted by atomic mass is 10.2. The first-order chi connectivity index (χ1) is 7.79. The second-order valence-corrected chi connectivity index (χ2v) is 5.94. The fourth-order valence-electron chi connectivity index (χ4n) is 2.48. The molecule has 1 fully saturated rings. The summed E-state index contributed by atoms with van der Waals surface area (Å²) in [5, 5.41) is 3.59. The third-order valence-electron chi connectivity index (χ3n) is 3.38. The normalized spacial score (nSPS) is 21.8. The Labute approximate surface area is 103 Å². The molecular weight excluding hydrogens is 216 g/mol. The highest BCUT2D eigenvalue weighted by atomic mass is 32.1. The van der Waals surface area contributed by atoms with Crippen molar-refractivity contribution in [2.45, 2.75) is 39.3 Å². The molecule has 0 spiro atoms. The molecule has 0 bridgehead atoms. The van der Waals surface area contributed by atoms with Gasteiger partial charge >= 0.3 is 0 Å². The largest absolute Gasteiger partial charge is 0.310 e. The Kier molecular flexibility index (Phi) is 4.38. The summed E-state index contributed by atoms with van der Waals surface area (Å²) < 4.78 is 0. The smallest absolute Gasteiger partial charge is 0.0300 e. The molecule has 1 aliphatic heterocycles. The monoisotopic (exact) mass is 238 g/mol. The Hall–Kier alpha value is -0.380. The lowest BCUT2D eigenvalue weighted by Gasteiger charge is -2.22. The number of likely N-dealkylation sites (N-methyl/N-ethyl adjacent to an activating group) is 1. The average Bonchev–Trinajstić information content (AvgIpc) is 2.87. The molecule has 1 atom stereocenters. The summed E-state index contributed by atoms with van der Waals surface area (Å²) in [6.45, 7) is 9.10. The molecule has 1 N–H and O–H groups in total. The first-order valence-electron chi connectivity index (χ1n) is 6.29. The van der Waals surface area contributed by atoms with Gasteiger partial charge in [0, 0.05) is 28.9 Å². The fraction of sp³-hybridized carbons (Fsp3) is 0.692. The molecular formula is C13H22N2S. The maximum Gasteiger partial charge on any atom is 0.0300 e. The molecule has 1 aromatic rings. The SMILES string of the molecule is CCN1CCCC1CNCc1ccc(C)s1. The summed E-state index contributed by atoms with van der Waals surface area (Å²) >= 11 is 1.90. The van der Waals surface area contributed by atoms with Gasteiger partial charge < -0.3 is 5.32 Å². The second-order valence-electron chi connectivity index (χ2n) is 4.57. The molecule has 1 saturated heterocycles. The Bertz CT molecular complexity index is 321. The number of aryl methyl sites for hydroxylation is 1. The van der Waals surface area contributed by atoms with E-state index in [2.05, 4.69) is 36.2 Å². The van der Waals surface area contributed by atoms with Crippen molar-refractivity contribution in [3.05, 3.63) is 21.9 Å². The molecule has 0 aromatic carbocycles. The van der Waals surface area contributed by atoms with Crippen molar-refractivity contribution in [2.75, 3.05) is 19.6 Å². The molecule has 2 nitrogen and oxygen atoms in total. The Morgan fingerprint density at radius 1 is 1.50 bits per heavy atom. The number of rotatable bonds is 5. The first-order valence-corrected chi connectivity index (χ1v) is 7.11. The third-order valence-corrected chi connectivity index (χ3v) is 4.38. The van der Waals surface area contributed by atoms with Gasteiger partial charge in [-0.3, -0.25) is 4.90 Å². The number of likely N-dealkylation sites (tertiary alicyclic amines) is 1. The maximum absolute atomic E-state index is 3.59. The van der Waals surface area contributed by atoms with E-state index in [4.69, 9.17) is 0 Å². The van der Waals surface area contributed by atoms with Gasteiger partial charge in [-0.1, -0.05) is 6.92 Å². The number of nitrogens with zero attached hydrogens (tertiary/aromatic N) is 1. The average molecular weight is 238 g/mol. The zero-order valence-electron chi connectivity index (χ0n) is 10.3. The summed E-state index contributed by atoms with van der Waals surface area (Å²) in [5.41, 5.74) is 0. The summed E-state index contributed by atoms with van der Waals surface area (Å²) in [6, 6.07) is 5.21. The van der Waals surface area contributed by atoms with Gasteiger partial charge in [-0.2, -0.15) is 0 Å². The number of nitrogens with one attached hydrogen (secondary N) is 1. The predicted octanol–water partition coefficient (Wildman–Crippen LogP) is 2.63. The second kappa shape index (κ2) is 5.80. The van der Waals surface area contributed by atoms with Crippen molar-refractivity contribution in [2.24, 2.45) is 0 Å². The highest BCUT2D eigenvalue weighted by Crippen LogP contribution is 2.17. The van der Waals surface area contributed by atoms with Crippen LogP contribution in [-0.2, 0) is 6.54 Å². The summed E-state index contributed by atoms with van der Waals surface area (Å²) in [4.78, 5) is 5.46. The molecule has 2 rings (SSSR count). The van der Waals surface area contributed by atoms with Gasteiger partial charge in [0.25, 0.3) is 0 Å². The van der Waals surface area contributed by atoms with Crippen LogP contribution in [-0.4, -0.2) is 30.6 Å². The van der Waals surface area contributed by atoms with Crippen LogP contribution in [0.4, 0.5) is 0 Å². The minimum Gasteiger partial charge on any atom is -0.310 e. The van der Waals surface area contributed by atoms with Gasteiger partial charge in [0.05, 0.1) is 0 Å². The van der Waals surface area contributed by atoms with Crippen LogP contribution in [0.2, 0.25) is 0 Å². The lowest BCUT2D eigenvalue weighted by molar-refractivity contribution is 0.260. The van der Waals surface area contributed by atoms with Gasteiger partial charge in [0.1, 0.15) is 0 Å². The molecule has 0 aliphatic carbocycles. The summed E-state index contributed by atoms with van der Waals surface area (Å²) in [5.74, 6) is 0. The van der Waals surface area contributed by atoms with Gasteiger partial charge in [-0.05, 0) is 45.0 Å². The van der Waals surface area contributed by atoms with Crippen LogP contribution in [0.25, 0.3) is 0 Å². The highest BCUT2D eigenvalue weighted by Gasteiger charge is 2.21. The Morgan fingerprint density at radius 3 is 3.06 bits per heavy atom. The third kappa shape index (κ3) is 3.06. The Balaban J connectivity index is 1.71. The molecule has 16 heavy (non-hydrogen) atoms. The summed E-state index contributed by atoms with van der Waals surface area (Å²) in [7, 11) is 0. The van der Waals surface area contributed by atoms with Gasteiger partial charge in [0.2, 0.25) is 0 Å². The van der Waals surface area contributed by atoms with Crippen LogP contribution in [0.3, 0.4) is 0 Å². The molecule has 90 valence electrons. The van der Waals surface area contributed by atoms with E-state index < -0.39 is 0 Å². The molecule has 0 radical (unpaired) electrons. The van der Waals surface area contributed by atoms with E-state index in [0.717, 1.165) is 19.1 Å². The predicted molar refractivity (Wildman–Crippen MR) is 71.0 cm³/mol. The highest BCUT2D eigenvalue weighted by molar-refractivity contribution is 7.11. The van der Waals surface area contributed by atoms with Gasteiger partial charge in [-0.25, -0.2) is 0 Å². The van der Waals surface area contributed by atoms with Crippen molar-refractivity contribution in [1.82, 2.24) is 10.2 Å². The van der Waals surface area contributed by atoms with E-state index in [9.17, 15) is 0 Å². The van der Waals surface area contributed by atoms with Crippen molar-refractivity contribution < 1.29 is 0 Å².